The number of nitrogens with two attached hydrogens (primary N) is 1. The molecule has 3 atom stereocenters. The van der Waals surface area contributed by atoms with Crippen molar-refractivity contribution in [3.63, 3.8) is 0 Å². The molecule has 1 saturated carbocycles. The molecule has 0 saturated heterocycles. The minimum absolute atomic E-state index is 0.00534. The second-order valence-corrected chi connectivity index (χ2v) is 5.47. The standard InChI is InChI=1S/C13H25NO2/c1-9(2)12-5-4-10(3)6-11(12)8-16-13(15)7-14/h9-12H,4-8,14H2,1-3H3/t10-,11+,12+/m1/s1. The Morgan fingerprint density at radius 2 is 2.12 bits per heavy atom. The molecule has 94 valence electrons. The quantitative estimate of drug-likeness (QED) is 0.749. The highest BCUT2D eigenvalue weighted by Crippen LogP contribution is 2.37. The molecule has 0 bridgehead atoms. The van der Waals surface area contributed by atoms with E-state index in [0.717, 1.165) is 5.92 Å². The summed E-state index contributed by atoms with van der Waals surface area (Å²) in [6.45, 7) is 7.36. The lowest BCUT2D eigenvalue weighted by atomic mass is 9.70. The van der Waals surface area contributed by atoms with Crippen molar-refractivity contribution >= 4 is 5.97 Å². The first kappa shape index (κ1) is 13.5. The number of carbonyl (C=O) groups is 1. The molecule has 0 amide bonds. The molecule has 0 radical (unpaired) electrons. The maximum atomic E-state index is 11.1. The van der Waals surface area contributed by atoms with E-state index < -0.39 is 0 Å². The fourth-order valence-corrected chi connectivity index (χ4v) is 2.85. The van der Waals surface area contributed by atoms with Crippen LogP contribution in [0.2, 0.25) is 0 Å². The minimum atomic E-state index is -0.277. The van der Waals surface area contributed by atoms with Crippen LogP contribution in [0.3, 0.4) is 0 Å². The summed E-state index contributed by atoms with van der Waals surface area (Å²) in [5.41, 5.74) is 5.23. The molecule has 1 rings (SSSR count). The lowest BCUT2D eigenvalue weighted by molar-refractivity contribution is -0.144. The number of hydrogen-bond acceptors (Lipinski definition) is 3. The topological polar surface area (TPSA) is 52.3 Å². The number of carbonyl (C=O) groups excluding carboxylic acids is 1. The molecular weight excluding hydrogens is 202 g/mol. The van der Waals surface area contributed by atoms with Gasteiger partial charge in [0.2, 0.25) is 0 Å². The Hall–Kier alpha value is -0.570. The van der Waals surface area contributed by atoms with Gasteiger partial charge in [-0.2, -0.15) is 0 Å². The van der Waals surface area contributed by atoms with Gasteiger partial charge in [-0.1, -0.05) is 27.2 Å². The molecule has 3 heteroatoms. The van der Waals surface area contributed by atoms with Gasteiger partial charge >= 0.3 is 5.97 Å². The third kappa shape index (κ3) is 3.78. The van der Waals surface area contributed by atoms with Gasteiger partial charge in [-0.3, -0.25) is 4.79 Å². The van der Waals surface area contributed by atoms with Crippen molar-refractivity contribution in [3.8, 4) is 0 Å². The highest BCUT2D eigenvalue weighted by atomic mass is 16.5. The third-order valence-corrected chi connectivity index (χ3v) is 3.78. The summed E-state index contributed by atoms with van der Waals surface area (Å²) in [5, 5.41) is 0. The summed E-state index contributed by atoms with van der Waals surface area (Å²) in [6, 6.07) is 0. The third-order valence-electron chi connectivity index (χ3n) is 3.78. The Morgan fingerprint density at radius 1 is 1.44 bits per heavy atom. The minimum Gasteiger partial charge on any atom is -0.464 e. The molecule has 2 N–H and O–H groups in total. The average molecular weight is 227 g/mol. The van der Waals surface area contributed by atoms with Gasteiger partial charge in [0.15, 0.2) is 0 Å². The van der Waals surface area contributed by atoms with E-state index in [-0.39, 0.29) is 12.5 Å². The van der Waals surface area contributed by atoms with Gasteiger partial charge in [0.05, 0.1) is 13.2 Å². The molecule has 0 unspecified atom stereocenters. The zero-order valence-corrected chi connectivity index (χ0v) is 10.7. The van der Waals surface area contributed by atoms with Crippen LogP contribution in [-0.4, -0.2) is 19.1 Å². The Kier molecular flexibility index (Phi) is 5.26. The largest absolute Gasteiger partial charge is 0.464 e. The molecule has 16 heavy (non-hydrogen) atoms. The first-order valence-corrected chi connectivity index (χ1v) is 6.40. The van der Waals surface area contributed by atoms with E-state index in [1.807, 2.05) is 0 Å². The molecule has 0 spiro atoms. The summed E-state index contributed by atoms with van der Waals surface area (Å²) in [5.74, 6) is 2.38. The predicted octanol–water partition coefficient (Wildman–Crippen LogP) is 2.20. The average Bonchev–Trinajstić information content (AvgIpc) is 2.25. The van der Waals surface area contributed by atoms with Crippen LogP contribution < -0.4 is 5.73 Å². The van der Waals surface area contributed by atoms with Crippen LogP contribution in [0.4, 0.5) is 0 Å². The van der Waals surface area contributed by atoms with Crippen LogP contribution in [0.5, 0.6) is 0 Å². The summed E-state index contributed by atoms with van der Waals surface area (Å²) >= 11 is 0. The normalized spacial score (nSPS) is 30.4. The van der Waals surface area contributed by atoms with Crippen molar-refractivity contribution in [3.05, 3.63) is 0 Å². The molecule has 1 aliphatic carbocycles. The summed E-state index contributed by atoms with van der Waals surface area (Å²) in [6.07, 6.45) is 3.76. The first-order chi connectivity index (χ1) is 7.54. The summed E-state index contributed by atoms with van der Waals surface area (Å²) in [4.78, 5) is 11.1. The van der Waals surface area contributed by atoms with Crippen molar-refractivity contribution in [2.24, 2.45) is 29.4 Å². The van der Waals surface area contributed by atoms with Crippen molar-refractivity contribution in [1.29, 1.82) is 0 Å². The molecule has 0 heterocycles. The van der Waals surface area contributed by atoms with Crippen LogP contribution in [0.1, 0.15) is 40.0 Å². The number of ether oxygens (including phenoxy) is 1. The first-order valence-electron chi connectivity index (χ1n) is 6.40. The Morgan fingerprint density at radius 3 is 2.69 bits per heavy atom. The van der Waals surface area contributed by atoms with Gasteiger partial charge in [-0.15, -0.1) is 0 Å². The van der Waals surface area contributed by atoms with E-state index >= 15 is 0 Å². The van der Waals surface area contributed by atoms with Crippen LogP contribution in [0, 0.1) is 23.7 Å². The van der Waals surface area contributed by atoms with Gasteiger partial charge < -0.3 is 10.5 Å². The van der Waals surface area contributed by atoms with Gasteiger partial charge in [-0.25, -0.2) is 0 Å². The smallest absolute Gasteiger partial charge is 0.319 e. The molecule has 0 aliphatic heterocycles. The fraction of sp³-hybridized carbons (Fsp3) is 0.923. The van der Waals surface area contributed by atoms with E-state index in [4.69, 9.17) is 10.5 Å². The van der Waals surface area contributed by atoms with Crippen LogP contribution in [-0.2, 0) is 9.53 Å². The second kappa shape index (κ2) is 6.24. The molecule has 0 aromatic carbocycles. The van der Waals surface area contributed by atoms with Gasteiger partial charge in [0, 0.05) is 0 Å². The monoisotopic (exact) mass is 227 g/mol. The summed E-state index contributed by atoms with van der Waals surface area (Å²) in [7, 11) is 0. The van der Waals surface area contributed by atoms with E-state index in [2.05, 4.69) is 20.8 Å². The van der Waals surface area contributed by atoms with Crippen LogP contribution in [0.25, 0.3) is 0 Å². The maximum absolute atomic E-state index is 11.1. The highest BCUT2D eigenvalue weighted by molar-refractivity contribution is 5.71. The lowest BCUT2D eigenvalue weighted by Gasteiger charge is -2.36. The van der Waals surface area contributed by atoms with E-state index in [0.29, 0.717) is 24.4 Å². The van der Waals surface area contributed by atoms with Crippen molar-refractivity contribution in [2.75, 3.05) is 13.2 Å². The molecule has 0 aromatic heterocycles. The number of rotatable bonds is 4. The van der Waals surface area contributed by atoms with E-state index in [9.17, 15) is 4.79 Å². The molecule has 3 nitrogen and oxygen atoms in total. The molecular formula is C13H25NO2. The van der Waals surface area contributed by atoms with Crippen molar-refractivity contribution in [2.45, 2.75) is 40.0 Å². The van der Waals surface area contributed by atoms with Gasteiger partial charge in [-0.05, 0) is 36.5 Å². The van der Waals surface area contributed by atoms with Crippen LogP contribution in [0.15, 0.2) is 0 Å². The Labute approximate surface area is 98.7 Å². The zero-order chi connectivity index (χ0) is 12.1. The Bertz CT molecular complexity index is 228. The van der Waals surface area contributed by atoms with E-state index in [1.54, 1.807) is 0 Å². The SMILES string of the molecule is CC(C)[C@@H]1CC[C@@H](C)C[C@H]1COC(=O)CN. The molecule has 1 fully saturated rings. The number of esters is 1. The zero-order valence-electron chi connectivity index (χ0n) is 10.7. The summed E-state index contributed by atoms with van der Waals surface area (Å²) < 4.78 is 5.20. The maximum Gasteiger partial charge on any atom is 0.319 e. The fourth-order valence-electron chi connectivity index (χ4n) is 2.85. The van der Waals surface area contributed by atoms with E-state index in [1.165, 1.54) is 19.3 Å². The number of hydrogen-bond donors (Lipinski definition) is 1. The highest BCUT2D eigenvalue weighted by Gasteiger charge is 2.31. The van der Waals surface area contributed by atoms with Crippen molar-refractivity contribution < 1.29 is 9.53 Å². The Balaban J connectivity index is 2.47. The van der Waals surface area contributed by atoms with Gasteiger partial charge in [0.1, 0.15) is 0 Å². The van der Waals surface area contributed by atoms with Crippen LogP contribution >= 0.6 is 0 Å². The second-order valence-electron chi connectivity index (χ2n) is 5.47. The lowest BCUT2D eigenvalue weighted by Crippen LogP contribution is -2.32. The molecule has 1 aliphatic rings. The molecule has 0 aromatic rings. The van der Waals surface area contributed by atoms with Crippen molar-refractivity contribution in [1.82, 2.24) is 0 Å². The van der Waals surface area contributed by atoms with Gasteiger partial charge in [0.25, 0.3) is 0 Å². The predicted molar refractivity (Wildman–Crippen MR) is 64.8 cm³/mol.